The molecule has 0 aliphatic rings. The fourth-order valence-electron chi connectivity index (χ4n) is 1.45. The molecule has 0 radical (unpaired) electrons. The van der Waals surface area contributed by atoms with Crippen LogP contribution in [0.4, 0.5) is 5.82 Å². The summed E-state index contributed by atoms with van der Waals surface area (Å²) < 4.78 is 0. The number of likely N-dealkylation sites (N-methyl/N-ethyl adjacent to an activating group) is 1. The average Bonchev–Trinajstić information content (AvgIpc) is 2.16. The number of anilines is 1. The summed E-state index contributed by atoms with van der Waals surface area (Å²) >= 11 is 0. The van der Waals surface area contributed by atoms with Crippen LogP contribution in [0.3, 0.4) is 0 Å². The van der Waals surface area contributed by atoms with Crippen molar-refractivity contribution in [1.29, 1.82) is 5.26 Å². The summed E-state index contributed by atoms with van der Waals surface area (Å²) in [4.78, 5) is 5.94. The molecule has 0 aliphatic carbocycles. The summed E-state index contributed by atoms with van der Waals surface area (Å²) in [5, 5.41) is 18.3. The lowest BCUT2D eigenvalue weighted by Gasteiger charge is -2.21. The van der Waals surface area contributed by atoms with Crippen LogP contribution in [0, 0.1) is 18.3 Å². The molecule has 0 spiro atoms. The molecule has 4 heteroatoms. The van der Waals surface area contributed by atoms with Gasteiger partial charge in [0.2, 0.25) is 0 Å². The Morgan fingerprint density at radius 2 is 2.33 bits per heavy atom. The molecule has 0 amide bonds. The van der Waals surface area contributed by atoms with Crippen LogP contribution < -0.4 is 4.90 Å². The Morgan fingerprint density at radius 1 is 1.67 bits per heavy atom. The Morgan fingerprint density at radius 3 is 2.87 bits per heavy atom. The Hall–Kier alpha value is -1.60. The number of nitriles is 1. The Balaban J connectivity index is 3.04. The zero-order chi connectivity index (χ0) is 11.4. The number of aromatic nitrogens is 1. The summed E-state index contributed by atoms with van der Waals surface area (Å²) in [6.07, 6.45) is 1.23. The van der Waals surface area contributed by atoms with Gasteiger partial charge in [-0.25, -0.2) is 4.98 Å². The minimum Gasteiger partial charge on any atom is -0.392 e. The van der Waals surface area contributed by atoms with Gasteiger partial charge < -0.3 is 10.0 Å². The lowest BCUT2D eigenvalue weighted by Crippen LogP contribution is -2.28. The summed E-state index contributed by atoms with van der Waals surface area (Å²) in [6, 6.07) is 3.94. The van der Waals surface area contributed by atoms with Gasteiger partial charge in [-0.15, -0.1) is 0 Å². The Bertz CT molecular complexity index is 382. The third kappa shape index (κ3) is 2.67. The first-order chi connectivity index (χ1) is 7.06. The molecule has 0 aromatic carbocycles. The highest BCUT2D eigenvalue weighted by Crippen LogP contribution is 2.18. The highest BCUT2D eigenvalue weighted by molar-refractivity contribution is 5.56. The summed E-state index contributed by atoms with van der Waals surface area (Å²) in [7, 11) is 1.81. The number of hydrogen-bond donors (Lipinski definition) is 1. The van der Waals surface area contributed by atoms with Crippen molar-refractivity contribution in [3.8, 4) is 6.07 Å². The molecule has 4 nitrogen and oxygen atoms in total. The van der Waals surface area contributed by atoms with Crippen molar-refractivity contribution >= 4 is 5.82 Å². The molecular weight excluding hydrogens is 190 g/mol. The van der Waals surface area contributed by atoms with Gasteiger partial charge in [-0.2, -0.15) is 5.26 Å². The van der Waals surface area contributed by atoms with Crippen LogP contribution in [-0.4, -0.2) is 29.8 Å². The molecule has 1 rings (SSSR count). The molecule has 0 saturated carbocycles. The van der Waals surface area contributed by atoms with Crippen molar-refractivity contribution in [1.82, 2.24) is 4.98 Å². The number of nitrogens with zero attached hydrogens (tertiary/aromatic N) is 3. The van der Waals surface area contributed by atoms with Crippen molar-refractivity contribution in [3.05, 3.63) is 23.4 Å². The van der Waals surface area contributed by atoms with E-state index in [-0.39, 0.29) is 0 Å². The molecule has 15 heavy (non-hydrogen) atoms. The van der Waals surface area contributed by atoms with E-state index in [0.717, 1.165) is 5.56 Å². The van der Waals surface area contributed by atoms with Gasteiger partial charge in [-0.05, 0) is 25.5 Å². The van der Waals surface area contributed by atoms with E-state index in [2.05, 4.69) is 11.1 Å². The van der Waals surface area contributed by atoms with E-state index in [0.29, 0.717) is 17.9 Å². The maximum Gasteiger partial charge on any atom is 0.146 e. The van der Waals surface area contributed by atoms with Gasteiger partial charge in [0.05, 0.1) is 11.7 Å². The number of aryl methyl sites for hydroxylation is 1. The predicted octanol–water partition coefficient (Wildman–Crippen LogP) is 1.08. The second-order valence-corrected chi connectivity index (χ2v) is 3.67. The molecule has 1 aromatic rings. The largest absolute Gasteiger partial charge is 0.392 e. The molecule has 1 heterocycles. The molecule has 0 saturated heterocycles. The zero-order valence-electron chi connectivity index (χ0n) is 9.23. The smallest absolute Gasteiger partial charge is 0.146 e. The lowest BCUT2D eigenvalue weighted by atomic mass is 10.1. The van der Waals surface area contributed by atoms with E-state index in [1.54, 1.807) is 24.1 Å². The van der Waals surface area contributed by atoms with Crippen LogP contribution in [0.2, 0.25) is 0 Å². The molecule has 1 N–H and O–H groups in total. The van der Waals surface area contributed by atoms with Crippen LogP contribution in [0.1, 0.15) is 18.1 Å². The van der Waals surface area contributed by atoms with Crippen LogP contribution in [-0.2, 0) is 0 Å². The van der Waals surface area contributed by atoms with Gasteiger partial charge in [0, 0.05) is 19.8 Å². The maximum absolute atomic E-state index is 9.26. The van der Waals surface area contributed by atoms with E-state index in [1.807, 2.05) is 14.0 Å². The SMILES string of the molecule is Cc1ccnc(N(C)CC(C)O)c1C#N. The minimum absolute atomic E-state index is 0.441. The molecule has 1 atom stereocenters. The molecular formula is C11H15N3O. The molecule has 1 aromatic heterocycles. The highest BCUT2D eigenvalue weighted by atomic mass is 16.3. The third-order valence-electron chi connectivity index (χ3n) is 2.15. The summed E-state index contributed by atoms with van der Waals surface area (Å²) in [5.41, 5.74) is 1.47. The van der Waals surface area contributed by atoms with E-state index >= 15 is 0 Å². The topological polar surface area (TPSA) is 60.1 Å². The number of aliphatic hydroxyl groups excluding tert-OH is 1. The van der Waals surface area contributed by atoms with Crippen LogP contribution in [0.15, 0.2) is 12.3 Å². The van der Waals surface area contributed by atoms with Gasteiger partial charge in [0.1, 0.15) is 11.9 Å². The van der Waals surface area contributed by atoms with Gasteiger partial charge in [-0.1, -0.05) is 0 Å². The van der Waals surface area contributed by atoms with Crippen LogP contribution >= 0.6 is 0 Å². The average molecular weight is 205 g/mol. The first-order valence-corrected chi connectivity index (χ1v) is 4.81. The fourth-order valence-corrected chi connectivity index (χ4v) is 1.45. The molecule has 0 aliphatic heterocycles. The van der Waals surface area contributed by atoms with E-state index in [4.69, 9.17) is 5.26 Å². The van der Waals surface area contributed by atoms with Gasteiger partial charge in [0.15, 0.2) is 0 Å². The van der Waals surface area contributed by atoms with Crippen molar-refractivity contribution < 1.29 is 5.11 Å². The number of rotatable bonds is 3. The molecule has 0 bridgehead atoms. The number of aliphatic hydroxyl groups is 1. The Kier molecular flexibility index (Phi) is 3.64. The minimum atomic E-state index is -0.441. The van der Waals surface area contributed by atoms with Crippen molar-refractivity contribution in [2.75, 3.05) is 18.5 Å². The normalized spacial score (nSPS) is 11.9. The summed E-state index contributed by atoms with van der Waals surface area (Å²) in [6.45, 7) is 4.05. The van der Waals surface area contributed by atoms with Crippen molar-refractivity contribution in [2.45, 2.75) is 20.0 Å². The van der Waals surface area contributed by atoms with Gasteiger partial charge in [-0.3, -0.25) is 0 Å². The first kappa shape index (κ1) is 11.5. The van der Waals surface area contributed by atoms with E-state index < -0.39 is 6.10 Å². The van der Waals surface area contributed by atoms with Crippen LogP contribution in [0.5, 0.6) is 0 Å². The van der Waals surface area contributed by atoms with Crippen molar-refractivity contribution in [3.63, 3.8) is 0 Å². The fraction of sp³-hybridized carbons (Fsp3) is 0.455. The molecule has 0 fully saturated rings. The lowest BCUT2D eigenvalue weighted by molar-refractivity contribution is 0.201. The maximum atomic E-state index is 9.26. The molecule has 80 valence electrons. The number of pyridine rings is 1. The Labute approximate surface area is 89.8 Å². The summed E-state index contributed by atoms with van der Waals surface area (Å²) in [5.74, 6) is 0.624. The van der Waals surface area contributed by atoms with E-state index in [9.17, 15) is 5.11 Å². The zero-order valence-corrected chi connectivity index (χ0v) is 9.23. The van der Waals surface area contributed by atoms with Crippen LogP contribution in [0.25, 0.3) is 0 Å². The predicted molar refractivity (Wildman–Crippen MR) is 58.6 cm³/mol. The quantitative estimate of drug-likeness (QED) is 0.802. The first-order valence-electron chi connectivity index (χ1n) is 4.81. The second-order valence-electron chi connectivity index (χ2n) is 3.67. The standard InChI is InChI=1S/C11H15N3O/c1-8-4-5-13-11(10(8)6-12)14(3)7-9(2)15/h4-5,9,15H,7H2,1-3H3. The van der Waals surface area contributed by atoms with Gasteiger partial charge >= 0.3 is 0 Å². The third-order valence-corrected chi connectivity index (χ3v) is 2.15. The number of hydrogen-bond acceptors (Lipinski definition) is 4. The van der Waals surface area contributed by atoms with E-state index in [1.165, 1.54) is 0 Å². The molecule has 1 unspecified atom stereocenters. The van der Waals surface area contributed by atoms with Gasteiger partial charge in [0.25, 0.3) is 0 Å². The monoisotopic (exact) mass is 205 g/mol. The highest BCUT2D eigenvalue weighted by Gasteiger charge is 2.12. The second kappa shape index (κ2) is 4.76. The van der Waals surface area contributed by atoms with Crippen molar-refractivity contribution in [2.24, 2.45) is 0 Å².